The van der Waals surface area contributed by atoms with Crippen LogP contribution in [-0.2, 0) is 6.42 Å². The Labute approximate surface area is 92.4 Å². The van der Waals surface area contributed by atoms with Crippen molar-refractivity contribution < 1.29 is 0 Å². The molecule has 0 spiro atoms. The largest absolute Gasteiger partial charge is 0.345 e. The number of anilines is 1. The molecule has 0 unspecified atom stereocenters. The summed E-state index contributed by atoms with van der Waals surface area (Å²) < 4.78 is 0. The van der Waals surface area contributed by atoms with Crippen molar-refractivity contribution in [2.24, 2.45) is 0 Å². The van der Waals surface area contributed by atoms with Gasteiger partial charge >= 0.3 is 0 Å². The Hall–Kier alpha value is -1.24. The number of rotatable bonds is 2. The topological polar surface area (TPSA) is 3.24 Å². The summed E-state index contributed by atoms with van der Waals surface area (Å²) in [6.45, 7) is 9.66. The van der Waals surface area contributed by atoms with Crippen molar-refractivity contribution in [1.82, 2.24) is 0 Å². The van der Waals surface area contributed by atoms with Crippen LogP contribution < -0.4 is 4.90 Å². The summed E-state index contributed by atoms with van der Waals surface area (Å²) in [7, 11) is 0. The summed E-state index contributed by atoms with van der Waals surface area (Å²) in [6, 6.07) is 6.60. The fourth-order valence-electron chi connectivity index (χ4n) is 2.35. The predicted octanol–water partition coefficient (Wildman–Crippen LogP) is 3.67. The lowest BCUT2D eigenvalue weighted by Gasteiger charge is -2.33. The van der Waals surface area contributed by atoms with Crippen LogP contribution in [-0.4, -0.2) is 6.54 Å². The molecule has 1 aliphatic heterocycles. The van der Waals surface area contributed by atoms with Crippen molar-refractivity contribution >= 4 is 5.69 Å². The molecule has 0 saturated carbocycles. The number of aryl methyl sites for hydroxylation is 2. The third-order valence-corrected chi connectivity index (χ3v) is 3.21. The zero-order valence-corrected chi connectivity index (χ0v) is 9.71. The first-order valence-corrected chi connectivity index (χ1v) is 5.78. The fraction of sp³-hybridized carbons (Fsp3) is 0.429. The average Bonchev–Trinajstić information content (AvgIpc) is 2.28. The van der Waals surface area contributed by atoms with E-state index < -0.39 is 0 Å². The SMILES string of the molecule is C=C(CC)N1CCCc2cccc(C)c21. The van der Waals surface area contributed by atoms with E-state index in [1.807, 2.05) is 0 Å². The third-order valence-electron chi connectivity index (χ3n) is 3.21. The molecule has 0 N–H and O–H groups in total. The van der Waals surface area contributed by atoms with Gasteiger partial charge in [0.1, 0.15) is 0 Å². The molecule has 0 aliphatic carbocycles. The molecule has 0 radical (unpaired) electrons. The van der Waals surface area contributed by atoms with Gasteiger partial charge in [-0.05, 0) is 37.3 Å². The summed E-state index contributed by atoms with van der Waals surface area (Å²) in [5.74, 6) is 0. The minimum atomic E-state index is 1.04. The molecule has 0 aromatic heterocycles. The van der Waals surface area contributed by atoms with Crippen LogP contribution in [0.5, 0.6) is 0 Å². The first kappa shape index (κ1) is 10.3. The number of benzene rings is 1. The van der Waals surface area contributed by atoms with Crippen LogP contribution in [0.25, 0.3) is 0 Å². The summed E-state index contributed by atoms with van der Waals surface area (Å²) in [5, 5.41) is 0. The Bertz CT molecular complexity index is 379. The number of allylic oxidation sites excluding steroid dienone is 1. The highest BCUT2D eigenvalue weighted by atomic mass is 15.1. The molecule has 0 bridgehead atoms. The number of hydrogen-bond donors (Lipinski definition) is 0. The van der Waals surface area contributed by atoms with Crippen molar-refractivity contribution in [2.75, 3.05) is 11.4 Å². The smallest absolute Gasteiger partial charge is 0.0470 e. The highest BCUT2D eigenvalue weighted by Gasteiger charge is 2.19. The molecular weight excluding hydrogens is 182 g/mol. The molecule has 1 aliphatic rings. The van der Waals surface area contributed by atoms with E-state index in [0.717, 1.165) is 13.0 Å². The highest BCUT2D eigenvalue weighted by Crippen LogP contribution is 2.33. The Morgan fingerprint density at radius 3 is 3.00 bits per heavy atom. The van der Waals surface area contributed by atoms with Gasteiger partial charge in [-0.25, -0.2) is 0 Å². The number of hydrogen-bond acceptors (Lipinski definition) is 1. The molecule has 0 atom stereocenters. The fourth-order valence-corrected chi connectivity index (χ4v) is 2.35. The van der Waals surface area contributed by atoms with E-state index in [-0.39, 0.29) is 0 Å². The van der Waals surface area contributed by atoms with Crippen LogP contribution in [0.3, 0.4) is 0 Å². The summed E-state index contributed by atoms with van der Waals surface area (Å²) >= 11 is 0. The maximum absolute atomic E-state index is 4.16. The van der Waals surface area contributed by atoms with E-state index in [1.165, 1.54) is 35.4 Å². The normalized spacial score (nSPS) is 14.9. The van der Waals surface area contributed by atoms with Crippen LogP contribution in [0.4, 0.5) is 5.69 Å². The van der Waals surface area contributed by atoms with Crippen LogP contribution in [0.2, 0.25) is 0 Å². The van der Waals surface area contributed by atoms with Crippen molar-refractivity contribution in [1.29, 1.82) is 0 Å². The van der Waals surface area contributed by atoms with Gasteiger partial charge in [-0.15, -0.1) is 0 Å². The lowest BCUT2D eigenvalue weighted by Crippen LogP contribution is -2.28. The van der Waals surface area contributed by atoms with E-state index >= 15 is 0 Å². The standard InChI is InChI=1S/C14H19N/c1-4-12(3)15-10-6-9-13-8-5-7-11(2)14(13)15/h5,7-8H,3-4,6,9-10H2,1-2H3. The number of para-hydroxylation sites is 1. The van der Waals surface area contributed by atoms with Gasteiger partial charge in [-0.2, -0.15) is 0 Å². The van der Waals surface area contributed by atoms with Crippen molar-refractivity contribution in [3.05, 3.63) is 41.6 Å². The Kier molecular flexibility index (Phi) is 2.81. The maximum Gasteiger partial charge on any atom is 0.0470 e. The molecule has 1 heteroatoms. The zero-order valence-electron chi connectivity index (χ0n) is 9.71. The summed E-state index contributed by atoms with van der Waals surface area (Å²) in [6.07, 6.45) is 3.49. The van der Waals surface area contributed by atoms with Gasteiger partial charge in [-0.3, -0.25) is 0 Å². The van der Waals surface area contributed by atoms with Crippen molar-refractivity contribution in [3.8, 4) is 0 Å². The quantitative estimate of drug-likeness (QED) is 0.705. The Morgan fingerprint density at radius 2 is 2.27 bits per heavy atom. The van der Waals surface area contributed by atoms with E-state index in [1.54, 1.807) is 0 Å². The van der Waals surface area contributed by atoms with Crippen LogP contribution in [0, 0.1) is 6.92 Å². The van der Waals surface area contributed by atoms with Gasteiger partial charge < -0.3 is 4.90 Å². The second-order valence-electron chi connectivity index (χ2n) is 4.26. The lowest BCUT2D eigenvalue weighted by atomic mass is 9.97. The third kappa shape index (κ3) is 1.79. The maximum atomic E-state index is 4.16. The van der Waals surface area contributed by atoms with Gasteiger partial charge in [-0.1, -0.05) is 31.7 Å². The second-order valence-corrected chi connectivity index (χ2v) is 4.26. The molecule has 0 amide bonds. The van der Waals surface area contributed by atoms with Gasteiger partial charge in [0, 0.05) is 17.9 Å². The molecule has 0 fully saturated rings. The predicted molar refractivity (Wildman–Crippen MR) is 66.3 cm³/mol. The van der Waals surface area contributed by atoms with Crippen molar-refractivity contribution in [2.45, 2.75) is 33.1 Å². The van der Waals surface area contributed by atoms with Crippen molar-refractivity contribution in [3.63, 3.8) is 0 Å². The molecular formula is C14H19N. The van der Waals surface area contributed by atoms with E-state index in [2.05, 4.69) is 43.5 Å². The summed E-state index contributed by atoms with van der Waals surface area (Å²) in [4.78, 5) is 2.40. The monoisotopic (exact) mass is 201 g/mol. The lowest BCUT2D eigenvalue weighted by molar-refractivity contribution is 0.729. The minimum Gasteiger partial charge on any atom is -0.345 e. The molecule has 0 saturated heterocycles. The molecule has 1 nitrogen and oxygen atoms in total. The average molecular weight is 201 g/mol. The Morgan fingerprint density at radius 1 is 1.47 bits per heavy atom. The zero-order chi connectivity index (χ0) is 10.8. The first-order valence-electron chi connectivity index (χ1n) is 5.78. The molecule has 15 heavy (non-hydrogen) atoms. The van der Waals surface area contributed by atoms with Gasteiger partial charge in [0.2, 0.25) is 0 Å². The molecule has 1 aromatic rings. The second kappa shape index (κ2) is 4.09. The minimum absolute atomic E-state index is 1.04. The van der Waals surface area contributed by atoms with Crippen LogP contribution in [0.15, 0.2) is 30.5 Å². The van der Waals surface area contributed by atoms with Gasteiger partial charge in [0.25, 0.3) is 0 Å². The number of fused-ring (bicyclic) bond motifs is 1. The molecule has 1 aromatic carbocycles. The molecule has 1 heterocycles. The molecule has 2 rings (SSSR count). The van der Waals surface area contributed by atoms with E-state index in [4.69, 9.17) is 0 Å². The number of nitrogens with zero attached hydrogens (tertiary/aromatic N) is 1. The van der Waals surface area contributed by atoms with Gasteiger partial charge in [0.15, 0.2) is 0 Å². The summed E-state index contributed by atoms with van der Waals surface area (Å²) in [5.41, 5.74) is 5.51. The Balaban J connectivity index is 2.45. The van der Waals surface area contributed by atoms with E-state index in [0.29, 0.717) is 0 Å². The van der Waals surface area contributed by atoms with E-state index in [9.17, 15) is 0 Å². The van der Waals surface area contributed by atoms with Crippen LogP contribution in [0.1, 0.15) is 30.9 Å². The van der Waals surface area contributed by atoms with Gasteiger partial charge in [0.05, 0.1) is 0 Å². The molecule has 80 valence electrons. The first-order chi connectivity index (χ1) is 7.24. The van der Waals surface area contributed by atoms with Crippen LogP contribution >= 0.6 is 0 Å². The highest BCUT2D eigenvalue weighted by molar-refractivity contribution is 5.64.